The highest BCUT2D eigenvalue weighted by Gasteiger charge is 2.25. The third-order valence-corrected chi connectivity index (χ3v) is 4.52. The number of aliphatic hydroxyl groups excluding tert-OH is 1. The number of hydrogen-bond donors (Lipinski definition) is 2. The van der Waals surface area contributed by atoms with Crippen LogP contribution in [0, 0.1) is 6.92 Å². The van der Waals surface area contributed by atoms with Crippen LogP contribution in [0.4, 0.5) is 0 Å². The number of benzene rings is 1. The molecule has 0 aromatic heterocycles. The van der Waals surface area contributed by atoms with E-state index in [0.29, 0.717) is 19.7 Å². The third kappa shape index (κ3) is 6.65. The summed E-state index contributed by atoms with van der Waals surface area (Å²) >= 11 is 0. The van der Waals surface area contributed by atoms with Crippen molar-refractivity contribution in [3.8, 4) is 5.75 Å². The number of hydrogen-bond acceptors (Lipinski definition) is 5. The van der Waals surface area contributed by atoms with Crippen molar-refractivity contribution in [1.82, 2.24) is 15.1 Å². The first kappa shape index (κ1) is 19.7. The van der Waals surface area contributed by atoms with Crippen molar-refractivity contribution < 1.29 is 14.6 Å². The Kier molecular flexibility index (Phi) is 7.68. The van der Waals surface area contributed by atoms with Crippen LogP contribution in [-0.4, -0.2) is 78.8 Å². The summed E-state index contributed by atoms with van der Waals surface area (Å²) in [5.41, 5.74) is 1.16. The summed E-state index contributed by atoms with van der Waals surface area (Å²) in [5.74, 6) is 0.869. The lowest BCUT2D eigenvalue weighted by molar-refractivity contribution is -0.126. The summed E-state index contributed by atoms with van der Waals surface area (Å²) in [4.78, 5) is 16.7. The van der Waals surface area contributed by atoms with Gasteiger partial charge in [-0.2, -0.15) is 0 Å². The molecule has 2 N–H and O–H groups in total. The Balaban J connectivity index is 1.65. The standard InChI is InChI=1S/C19H31N3O3/c1-15-5-4-6-18(13-15)25-12-7-20-19(24)17(3)22-10-8-21(9-11-22)14-16(2)23/h4-6,13,16-17,23H,7-12,14H2,1-3H3,(H,20,24)/t16-,17+/m0/s1. The molecule has 6 nitrogen and oxygen atoms in total. The minimum Gasteiger partial charge on any atom is -0.492 e. The number of piperazine rings is 1. The highest BCUT2D eigenvalue weighted by atomic mass is 16.5. The fourth-order valence-corrected chi connectivity index (χ4v) is 3.07. The summed E-state index contributed by atoms with van der Waals surface area (Å²) in [7, 11) is 0. The van der Waals surface area contributed by atoms with Crippen LogP contribution in [0.1, 0.15) is 19.4 Å². The van der Waals surface area contributed by atoms with Gasteiger partial charge in [-0.15, -0.1) is 0 Å². The van der Waals surface area contributed by atoms with Gasteiger partial charge in [-0.05, 0) is 38.5 Å². The van der Waals surface area contributed by atoms with Crippen LogP contribution in [0.25, 0.3) is 0 Å². The molecule has 140 valence electrons. The zero-order valence-corrected chi connectivity index (χ0v) is 15.6. The van der Waals surface area contributed by atoms with Gasteiger partial charge in [0, 0.05) is 32.7 Å². The van der Waals surface area contributed by atoms with Crippen LogP contribution in [0.15, 0.2) is 24.3 Å². The van der Waals surface area contributed by atoms with E-state index in [9.17, 15) is 9.90 Å². The van der Waals surface area contributed by atoms with Gasteiger partial charge in [0.2, 0.25) is 5.91 Å². The molecule has 1 aliphatic heterocycles. The van der Waals surface area contributed by atoms with E-state index in [0.717, 1.165) is 37.5 Å². The number of aliphatic hydroxyl groups is 1. The molecule has 0 spiro atoms. The van der Waals surface area contributed by atoms with E-state index in [-0.39, 0.29) is 18.1 Å². The molecule has 1 aromatic rings. The van der Waals surface area contributed by atoms with Gasteiger partial charge in [-0.3, -0.25) is 14.6 Å². The molecule has 0 bridgehead atoms. The number of amides is 1. The zero-order chi connectivity index (χ0) is 18.2. The monoisotopic (exact) mass is 349 g/mol. The lowest BCUT2D eigenvalue weighted by atomic mass is 10.2. The molecule has 0 aliphatic carbocycles. The van der Waals surface area contributed by atoms with Crippen molar-refractivity contribution in [1.29, 1.82) is 0 Å². The van der Waals surface area contributed by atoms with E-state index in [1.165, 1.54) is 0 Å². The first-order valence-electron chi connectivity index (χ1n) is 9.07. The maximum Gasteiger partial charge on any atom is 0.237 e. The van der Waals surface area contributed by atoms with Crippen molar-refractivity contribution in [2.75, 3.05) is 45.9 Å². The Hall–Kier alpha value is -1.63. The van der Waals surface area contributed by atoms with Crippen LogP contribution >= 0.6 is 0 Å². The zero-order valence-electron chi connectivity index (χ0n) is 15.6. The van der Waals surface area contributed by atoms with E-state index < -0.39 is 0 Å². The van der Waals surface area contributed by atoms with Crippen molar-refractivity contribution in [2.24, 2.45) is 0 Å². The third-order valence-electron chi connectivity index (χ3n) is 4.52. The highest BCUT2D eigenvalue weighted by Crippen LogP contribution is 2.12. The van der Waals surface area contributed by atoms with Crippen molar-refractivity contribution in [2.45, 2.75) is 32.9 Å². The predicted molar refractivity (Wildman–Crippen MR) is 98.8 cm³/mol. The lowest BCUT2D eigenvalue weighted by Crippen LogP contribution is -2.54. The fourth-order valence-electron chi connectivity index (χ4n) is 3.07. The smallest absolute Gasteiger partial charge is 0.237 e. The Bertz CT molecular complexity index is 542. The number of carbonyl (C=O) groups is 1. The lowest BCUT2D eigenvalue weighted by Gasteiger charge is -2.37. The Morgan fingerprint density at radius 2 is 2.00 bits per heavy atom. The van der Waals surface area contributed by atoms with Crippen LogP contribution in [-0.2, 0) is 4.79 Å². The van der Waals surface area contributed by atoms with Crippen molar-refractivity contribution >= 4 is 5.91 Å². The predicted octanol–water partition coefficient (Wildman–Crippen LogP) is 0.877. The molecule has 0 saturated carbocycles. The van der Waals surface area contributed by atoms with Crippen LogP contribution in [0.2, 0.25) is 0 Å². The molecule has 6 heteroatoms. The summed E-state index contributed by atoms with van der Waals surface area (Å²) in [6.07, 6.45) is -0.305. The number of rotatable bonds is 8. The Morgan fingerprint density at radius 3 is 2.64 bits per heavy atom. The number of carbonyl (C=O) groups excluding carboxylic acids is 1. The van der Waals surface area contributed by atoms with Crippen molar-refractivity contribution in [3.63, 3.8) is 0 Å². The molecule has 1 aromatic carbocycles. The first-order valence-corrected chi connectivity index (χ1v) is 9.07. The molecule has 1 aliphatic rings. The maximum atomic E-state index is 12.3. The van der Waals surface area contributed by atoms with Gasteiger partial charge < -0.3 is 15.2 Å². The summed E-state index contributed by atoms with van der Waals surface area (Å²) in [5, 5.41) is 12.4. The molecular formula is C19H31N3O3. The van der Waals surface area contributed by atoms with E-state index in [1.54, 1.807) is 6.92 Å². The molecule has 2 atom stereocenters. The molecule has 1 amide bonds. The minimum absolute atomic E-state index is 0.0387. The first-order chi connectivity index (χ1) is 12.0. The van der Waals surface area contributed by atoms with Crippen LogP contribution in [0.3, 0.4) is 0 Å². The molecule has 0 unspecified atom stereocenters. The van der Waals surface area contributed by atoms with Gasteiger partial charge in [-0.25, -0.2) is 0 Å². The summed E-state index contributed by atoms with van der Waals surface area (Å²) in [6.45, 7) is 10.9. The normalized spacial score (nSPS) is 18.6. The van der Waals surface area contributed by atoms with E-state index in [1.807, 2.05) is 38.1 Å². The van der Waals surface area contributed by atoms with Crippen LogP contribution in [0.5, 0.6) is 5.75 Å². The molecule has 1 saturated heterocycles. The van der Waals surface area contributed by atoms with Gasteiger partial charge in [0.25, 0.3) is 0 Å². The largest absolute Gasteiger partial charge is 0.492 e. The summed E-state index contributed by atoms with van der Waals surface area (Å²) < 4.78 is 5.65. The van der Waals surface area contributed by atoms with Gasteiger partial charge >= 0.3 is 0 Å². The SMILES string of the molecule is Cc1cccc(OCCNC(=O)[C@@H](C)N2CCN(C[C@H](C)O)CC2)c1. The second-order valence-corrected chi connectivity index (χ2v) is 6.82. The van der Waals surface area contributed by atoms with E-state index >= 15 is 0 Å². The van der Waals surface area contributed by atoms with Gasteiger partial charge in [0.15, 0.2) is 0 Å². The fraction of sp³-hybridized carbons (Fsp3) is 0.632. The summed E-state index contributed by atoms with van der Waals surface area (Å²) in [6, 6.07) is 7.74. The van der Waals surface area contributed by atoms with Gasteiger partial charge in [0.1, 0.15) is 12.4 Å². The molecule has 2 rings (SSSR count). The number of nitrogens with one attached hydrogen (secondary N) is 1. The van der Waals surface area contributed by atoms with E-state index in [2.05, 4.69) is 15.1 Å². The van der Waals surface area contributed by atoms with Crippen molar-refractivity contribution in [3.05, 3.63) is 29.8 Å². The highest BCUT2D eigenvalue weighted by molar-refractivity contribution is 5.81. The number of nitrogens with zero attached hydrogens (tertiary/aromatic N) is 2. The van der Waals surface area contributed by atoms with Gasteiger partial charge in [0.05, 0.1) is 18.7 Å². The molecular weight excluding hydrogens is 318 g/mol. The number of ether oxygens (including phenoxy) is 1. The topological polar surface area (TPSA) is 65.0 Å². The Labute approximate surface area is 150 Å². The minimum atomic E-state index is -0.305. The average Bonchev–Trinajstić information content (AvgIpc) is 2.58. The number of aryl methyl sites for hydroxylation is 1. The van der Waals surface area contributed by atoms with Gasteiger partial charge in [-0.1, -0.05) is 12.1 Å². The quantitative estimate of drug-likeness (QED) is 0.682. The Morgan fingerprint density at radius 1 is 1.28 bits per heavy atom. The second-order valence-electron chi connectivity index (χ2n) is 6.82. The second kappa shape index (κ2) is 9.75. The molecule has 25 heavy (non-hydrogen) atoms. The molecule has 1 heterocycles. The molecule has 0 radical (unpaired) electrons. The maximum absolute atomic E-state index is 12.3. The molecule has 1 fully saturated rings. The average molecular weight is 349 g/mol. The van der Waals surface area contributed by atoms with E-state index in [4.69, 9.17) is 4.74 Å². The van der Waals surface area contributed by atoms with Crippen LogP contribution < -0.4 is 10.1 Å². The number of β-amino-alcohol motifs (C(OH)–C–C–N with tert-alkyl or cyclic N) is 1.